The highest BCUT2D eigenvalue weighted by molar-refractivity contribution is 7.10. The summed E-state index contributed by atoms with van der Waals surface area (Å²) in [5, 5.41) is 32.0. The highest BCUT2D eigenvalue weighted by atomic mass is 32.1. The lowest BCUT2D eigenvalue weighted by atomic mass is 9.81. The predicted molar refractivity (Wildman–Crippen MR) is 169 cm³/mol. The summed E-state index contributed by atoms with van der Waals surface area (Å²) in [6.07, 6.45) is -0.208. The number of thiophene rings is 2. The monoisotopic (exact) mass is 632 g/mol. The van der Waals surface area contributed by atoms with Crippen molar-refractivity contribution in [1.29, 1.82) is 0 Å². The Morgan fingerprint density at radius 3 is 1.55 bits per heavy atom. The molecule has 1 aliphatic carbocycles. The third-order valence-corrected chi connectivity index (χ3v) is 10.1. The average Bonchev–Trinajstić information content (AvgIpc) is 3.84. The van der Waals surface area contributed by atoms with Gasteiger partial charge in [-0.1, -0.05) is 12.1 Å². The molecular formula is C32H32N4O6S2. The average molecular weight is 633 g/mol. The third-order valence-electron chi connectivity index (χ3n) is 8.25. The first kappa shape index (κ1) is 29.0. The van der Waals surface area contributed by atoms with Crippen molar-refractivity contribution in [2.75, 3.05) is 63.1 Å². The Balaban J connectivity index is 1.13. The zero-order valence-electron chi connectivity index (χ0n) is 23.8. The van der Waals surface area contributed by atoms with Crippen LogP contribution in [0.15, 0.2) is 59.3 Å². The Hall–Kier alpha value is -3.78. The second kappa shape index (κ2) is 12.3. The molecule has 0 spiro atoms. The molecule has 2 saturated heterocycles. The molecule has 10 nitrogen and oxygen atoms in total. The van der Waals surface area contributed by atoms with E-state index in [1.165, 1.54) is 12.1 Å². The van der Waals surface area contributed by atoms with Gasteiger partial charge < -0.3 is 30.3 Å². The van der Waals surface area contributed by atoms with Gasteiger partial charge in [0.1, 0.15) is 24.0 Å². The van der Waals surface area contributed by atoms with Gasteiger partial charge in [0, 0.05) is 60.4 Å². The van der Waals surface area contributed by atoms with Crippen LogP contribution >= 0.6 is 22.7 Å². The number of ether oxygens (including phenoxy) is 2. The van der Waals surface area contributed by atoms with E-state index in [0.29, 0.717) is 50.8 Å². The molecule has 2 unspecified atom stereocenters. The number of hydrogen-bond donors (Lipinski definition) is 4. The Morgan fingerprint density at radius 2 is 1.14 bits per heavy atom. The third kappa shape index (κ3) is 5.27. The molecule has 4 aromatic rings. The normalized spacial score (nSPS) is 20.2. The standard InChI is InChI=1S/C32H32N4O6S2/c37-21-7-8-22(38)28-27(21)29(39)25-19(33-9-11-35-13-15-41-31(35)23-3-1-17-43-23)5-6-20(26(25)30(28)40)34-10-12-36-14-16-42-32(36)24-4-2-18-44-24/h1-8,17-18,31-34,37-38H,9-16H2. The van der Waals surface area contributed by atoms with Gasteiger partial charge in [0.05, 0.1) is 35.5 Å². The fraction of sp³-hybridized carbons (Fsp3) is 0.312. The molecule has 0 saturated carbocycles. The Kier molecular flexibility index (Phi) is 8.10. The number of carbonyl (C=O) groups is 2. The summed E-state index contributed by atoms with van der Waals surface area (Å²) in [5.74, 6) is -1.71. The van der Waals surface area contributed by atoms with Crippen molar-refractivity contribution in [3.05, 3.63) is 91.3 Å². The number of benzene rings is 2. The fourth-order valence-corrected chi connectivity index (χ4v) is 7.79. The van der Waals surface area contributed by atoms with Crippen molar-refractivity contribution >= 4 is 45.6 Å². The van der Waals surface area contributed by atoms with Gasteiger partial charge in [-0.15, -0.1) is 22.7 Å². The summed E-state index contributed by atoms with van der Waals surface area (Å²) >= 11 is 3.31. The van der Waals surface area contributed by atoms with Crippen molar-refractivity contribution in [3.63, 3.8) is 0 Å². The van der Waals surface area contributed by atoms with Crippen molar-refractivity contribution in [3.8, 4) is 11.5 Å². The zero-order valence-corrected chi connectivity index (χ0v) is 25.5. The van der Waals surface area contributed by atoms with Gasteiger partial charge in [0.2, 0.25) is 11.6 Å². The minimum absolute atomic E-state index is 0.104. The van der Waals surface area contributed by atoms with Crippen LogP contribution in [0, 0.1) is 0 Å². The first-order valence-corrected chi connectivity index (χ1v) is 16.3. The summed E-state index contributed by atoms with van der Waals surface area (Å²) < 4.78 is 11.9. The van der Waals surface area contributed by atoms with E-state index in [2.05, 4.69) is 32.6 Å². The molecule has 44 heavy (non-hydrogen) atoms. The molecule has 228 valence electrons. The Labute approximate surface area is 262 Å². The van der Waals surface area contributed by atoms with Crippen LogP contribution in [0.2, 0.25) is 0 Å². The Bertz CT molecular complexity index is 1550. The zero-order chi connectivity index (χ0) is 30.2. The van der Waals surface area contributed by atoms with Gasteiger partial charge in [-0.2, -0.15) is 0 Å². The topological polar surface area (TPSA) is 124 Å². The van der Waals surface area contributed by atoms with Crippen LogP contribution in [0.4, 0.5) is 11.4 Å². The van der Waals surface area contributed by atoms with Crippen molar-refractivity contribution in [2.24, 2.45) is 0 Å². The van der Waals surface area contributed by atoms with Crippen LogP contribution in [0.5, 0.6) is 11.5 Å². The molecule has 7 rings (SSSR count). The Morgan fingerprint density at radius 1 is 0.682 bits per heavy atom. The molecule has 4 heterocycles. The van der Waals surface area contributed by atoms with E-state index < -0.39 is 11.6 Å². The first-order valence-electron chi connectivity index (χ1n) is 14.6. The van der Waals surface area contributed by atoms with E-state index in [0.717, 1.165) is 22.8 Å². The van der Waals surface area contributed by atoms with Crippen LogP contribution in [-0.2, 0) is 9.47 Å². The maximum atomic E-state index is 13.9. The number of nitrogens with zero attached hydrogens (tertiary/aromatic N) is 2. The van der Waals surface area contributed by atoms with Crippen molar-refractivity contribution in [1.82, 2.24) is 9.80 Å². The lowest BCUT2D eigenvalue weighted by Crippen LogP contribution is -2.31. The SMILES string of the molecule is O=C1c2c(O)ccc(O)c2C(=O)c2c(NCCN3CCOC3c3cccs3)ccc(NCCN3CCOC3c3cccs3)c21. The molecule has 0 amide bonds. The molecule has 2 fully saturated rings. The second-order valence-electron chi connectivity index (χ2n) is 10.8. The van der Waals surface area contributed by atoms with Crippen LogP contribution < -0.4 is 10.6 Å². The summed E-state index contributed by atoms with van der Waals surface area (Å²) in [4.78, 5) is 34.6. The summed E-state index contributed by atoms with van der Waals surface area (Å²) in [7, 11) is 0. The number of phenols is 2. The number of phenolic OH excluding ortho intramolecular Hbond substituents is 2. The van der Waals surface area contributed by atoms with E-state index in [4.69, 9.17) is 9.47 Å². The van der Waals surface area contributed by atoms with Crippen LogP contribution in [0.1, 0.15) is 54.1 Å². The summed E-state index contributed by atoms with van der Waals surface area (Å²) in [5.41, 5.74) is 0.998. The van der Waals surface area contributed by atoms with Gasteiger partial charge in [0.25, 0.3) is 0 Å². The predicted octanol–water partition coefficient (Wildman–Crippen LogP) is 4.88. The number of aromatic hydroxyl groups is 2. The first-order chi connectivity index (χ1) is 21.5. The molecule has 0 radical (unpaired) electrons. The second-order valence-corrected chi connectivity index (χ2v) is 12.8. The van der Waals surface area contributed by atoms with Crippen molar-refractivity contribution in [2.45, 2.75) is 12.5 Å². The smallest absolute Gasteiger partial charge is 0.200 e. The lowest BCUT2D eigenvalue weighted by Gasteiger charge is -2.27. The minimum Gasteiger partial charge on any atom is -0.507 e. The van der Waals surface area contributed by atoms with Gasteiger partial charge in [-0.3, -0.25) is 19.4 Å². The summed E-state index contributed by atoms with van der Waals surface area (Å²) in [6.45, 7) is 5.19. The van der Waals surface area contributed by atoms with Crippen molar-refractivity contribution < 1.29 is 29.3 Å². The van der Waals surface area contributed by atoms with E-state index in [1.807, 2.05) is 22.9 Å². The molecule has 12 heteroatoms. The molecule has 2 aromatic carbocycles. The van der Waals surface area contributed by atoms with Crippen LogP contribution in [0.3, 0.4) is 0 Å². The van der Waals surface area contributed by atoms with Crippen LogP contribution in [-0.4, -0.2) is 84.1 Å². The van der Waals surface area contributed by atoms with E-state index in [1.54, 1.807) is 34.8 Å². The maximum absolute atomic E-state index is 13.9. The molecule has 0 bridgehead atoms. The lowest BCUT2D eigenvalue weighted by molar-refractivity contribution is 0.0375. The highest BCUT2D eigenvalue weighted by Gasteiger charge is 2.38. The molecule has 2 atom stereocenters. The number of rotatable bonds is 10. The largest absolute Gasteiger partial charge is 0.507 e. The van der Waals surface area contributed by atoms with Gasteiger partial charge in [0.15, 0.2) is 0 Å². The molecule has 4 N–H and O–H groups in total. The minimum atomic E-state index is -0.513. The maximum Gasteiger partial charge on any atom is 0.200 e. The van der Waals surface area contributed by atoms with Gasteiger partial charge in [-0.25, -0.2) is 0 Å². The quantitative estimate of drug-likeness (QED) is 0.158. The van der Waals surface area contributed by atoms with Gasteiger partial charge >= 0.3 is 0 Å². The number of carbonyl (C=O) groups excluding carboxylic acids is 2. The molecule has 3 aliphatic rings. The molecule has 2 aliphatic heterocycles. The van der Waals surface area contributed by atoms with Gasteiger partial charge in [-0.05, 0) is 47.2 Å². The molecular weight excluding hydrogens is 601 g/mol. The van der Waals surface area contributed by atoms with E-state index in [-0.39, 0.29) is 46.2 Å². The summed E-state index contributed by atoms with van der Waals surface area (Å²) in [6, 6.07) is 14.2. The van der Waals surface area contributed by atoms with E-state index in [9.17, 15) is 19.8 Å². The fourth-order valence-electron chi connectivity index (χ4n) is 6.18. The highest BCUT2D eigenvalue weighted by Crippen LogP contribution is 2.42. The number of ketones is 2. The molecule has 2 aromatic heterocycles. The number of hydrogen-bond acceptors (Lipinski definition) is 12. The number of fused-ring (bicyclic) bond motifs is 2. The van der Waals surface area contributed by atoms with Crippen LogP contribution in [0.25, 0.3) is 0 Å². The number of nitrogens with one attached hydrogen (secondary N) is 2. The number of anilines is 2. The van der Waals surface area contributed by atoms with E-state index >= 15 is 0 Å².